The monoisotopic (exact) mass is 587 g/mol. The van der Waals surface area contributed by atoms with E-state index in [4.69, 9.17) is 24.1 Å². The van der Waals surface area contributed by atoms with Gasteiger partial charge in [0.2, 0.25) is 6.79 Å². The van der Waals surface area contributed by atoms with Crippen LogP contribution in [-0.4, -0.2) is 73.3 Å². The summed E-state index contributed by atoms with van der Waals surface area (Å²) in [6, 6.07) is 5.96. The Morgan fingerprint density at radius 1 is 1.11 bits per heavy atom. The molecule has 2 aliphatic heterocycles. The van der Waals surface area contributed by atoms with Crippen LogP contribution < -0.4 is 29.6 Å². The molecule has 0 aliphatic carbocycles. The van der Waals surface area contributed by atoms with Gasteiger partial charge in [0.05, 0.1) is 35.5 Å². The number of ether oxygens (including phenoxy) is 4. The quantitative estimate of drug-likeness (QED) is 0.348. The minimum absolute atomic E-state index is 0.125. The molecule has 0 amide bonds. The summed E-state index contributed by atoms with van der Waals surface area (Å²) >= 11 is 3.65. The normalized spacial score (nSPS) is 15.9. The molecule has 3 N–H and O–H groups in total. The average molecular weight is 589 g/mol. The van der Waals surface area contributed by atoms with Gasteiger partial charge in [-0.25, -0.2) is 9.97 Å². The summed E-state index contributed by atoms with van der Waals surface area (Å²) in [7, 11) is 2.13. The van der Waals surface area contributed by atoms with Gasteiger partial charge >= 0.3 is 0 Å². The van der Waals surface area contributed by atoms with Crippen molar-refractivity contribution in [2.75, 3.05) is 58.6 Å². The van der Waals surface area contributed by atoms with Crippen LogP contribution in [0.15, 0.2) is 29.0 Å². The summed E-state index contributed by atoms with van der Waals surface area (Å²) in [4.78, 5) is 11.4. The molecule has 1 aromatic heterocycles. The van der Waals surface area contributed by atoms with E-state index in [1.807, 2.05) is 12.1 Å². The third-order valence-corrected chi connectivity index (χ3v) is 7.14. The third kappa shape index (κ3) is 6.23. The number of halogens is 1. The predicted molar refractivity (Wildman–Crippen MR) is 149 cm³/mol. The fourth-order valence-corrected chi connectivity index (χ4v) is 5.21. The van der Waals surface area contributed by atoms with E-state index in [0.29, 0.717) is 48.6 Å². The van der Waals surface area contributed by atoms with Crippen LogP contribution in [0.25, 0.3) is 10.9 Å². The van der Waals surface area contributed by atoms with E-state index in [9.17, 15) is 0 Å². The molecule has 0 fully saturated rings. The first kappa shape index (κ1) is 26.7. The molecule has 0 unspecified atom stereocenters. The Labute approximate surface area is 230 Å². The van der Waals surface area contributed by atoms with Gasteiger partial charge in [-0.1, -0.05) is 0 Å². The molecule has 10 nitrogen and oxygen atoms in total. The van der Waals surface area contributed by atoms with Crippen LogP contribution in [0.3, 0.4) is 0 Å². The van der Waals surface area contributed by atoms with Gasteiger partial charge in [0.15, 0.2) is 23.0 Å². The Morgan fingerprint density at radius 2 is 2.00 bits per heavy atom. The molecule has 3 heterocycles. The molecule has 204 valence electrons. The van der Waals surface area contributed by atoms with Crippen molar-refractivity contribution in [3.63, 3.8) is 0 Å². The van der Waals surface area contributed by atoms with E-state index in [1.165, 1.54) is 0 Å². The van der Waals surface area contributed by atoms with E-state index in [2.05, 4.69) is 54.5 Å². The van der Waals surface area contributed by atoms with Crippen molar-refractivity contribution < 1.29 is 24.1 Å². The largest absolute Gasteiger partial charge is 0.490 e. The number of fused-ring (bicyclic) bond motifs is 4. The maximum Gasteiger partial charge on any atom is 0.231 e. The number of benzene rings is 2. The zero-order chi connectivity index (χ0) is 26.3. The smallest absolute Gasteiger partial charge is 0.231 e. The highest BCUT2D eigenvalue weighted by Crippen LogP contribution is 2.48. The van der Waals surface area contributed by atoms with Crippen molar-refractivity contribution in [3.8, 4) is 23.0 Å². The molecule has 2 aromatic carbocycles. The van der Waals surface area contributed by atoms with Crippen LogP contribution in [0.4, 0.5) is 11.5 Å². The topological polar surface area (TPSA) is 110 Å². The molecule has 2 aliphatic rings. The zero-order valence-electron chi connectivity index (χ0n) is 21.6. The summed E-state index contributed by atoms with van der Waals surface area (Å²) in [5.74, 6) is 3.34. The van der Waals surface area contributed by atoms with Gasteiger partial charge in [-0.05, 0) is 79.4 Å². The highest BCUT2D eigenvalue weighted by atomic mass is 79.9. The first-order valence-electron chi connectivity index (χ1n) is 13.1. The van der Waals surface area contributed by atoms with E-state index in [1.54, 1.807) is 6.33 Å². The van der Waals surface area contributed by atoms with E-state index in [0.717, 1.165) is 71.9 Å². The number of aliphatic hydroxyl groups is 1. The number of aromatic nitrogens is 2. The molecule has 3 aromatic rings. The number of anilines is 2. The van der Waals surface area contributed by atoms with Gasteiger partial charge in [0.25, 0.3) is 0 Å². The second-order valence-corrected chi connectivity index (χ2v) is 10.3. The number of nitrogens with zero attached hydrogens (tertiary/aromatic N) is 3. The van der Waals surface area contributed by atoms with Crippen LogP contribution in [0.5, 0.6) is 23.0 Å². The molecule has 0 spiro atoms. The third-order valence-electron chi connectivity index (χ3n) is 6.55. The molecule has 2 bridgehead atoms. The first-order chi connectivity index (χ1) is 18.6. The van der Waals surface area contributed by atoms with Crippen LogP contribution in [0.2, 0.25) is 0 Å². The highest BCUT2D eigenvalue weighted by molar-refractivity contribution is 9.10. The number of rotatable bonds is 7. The second kappa shape index (κ2) is 12.8. The zero-order valence-corrected chi connectivity index (χ0v) is 23.2. The molecular weight excluding hydrogens is 554 g/mol. The van der Waals surface area contributed by atoms with Crippen molar-refractivity contribution in [3.05, 3.63) is 34.6 Å². The maximum absolute atomic E-state index is 8.93. The summed E-state index contributed by atoms with van der Waals surface area (Å²) in [5, 5.41) is 16.5. The van der Waals surface area contributed by atoms with Crippen molar-refractivity contribution >= 4 is 38.3 Å². The fourth-order valence-electron chi connectivity index (χ4n) is 4.64. The molecule has 0 atom stereocenters. The maximum atomic E-state index is 8.93. The average Bonchev–Trinajstić information content (AvgIpc) is 3.40. The predicted octanol–water partition coefficient (Wildman–Crippen LogP) is 4.21. The van der Waals surface area contributed by atoms with Gasteiger partial charge < -0.3 is 39.6 Å². The highest BCUT2D eigenvalue weighted by Gasteiger charge is 2.26. The van der Waals surface area contributed by atoms with E-state index in [-0.39, 0.29) is 13.4 Å². The van der Waals surface area contributed by atoms with Crippen LogP contribution in [0.1, 0.15) is 31.2 Å². The Kier molecular flexibility index (Phi) is 9.00. The summed E-state index contributed by atoms with van der Waals surface area (Å²) in [6.45, 7) is 4.47. The number of aliphatic hydroxyl groups excluding tert-OH is 1. The lowest BCUT2D eigenvalue weighted by molar-refractivity contribution is 0.174. The Bertz CT molecular complexity index is 1260. The van der Waals surface area contributed by atoms with Crippen molar-refractivity contribution in [2.45, 2.75) is 32.2 Å². The molecule has 5 rings (SSSR count). The number of nitrogens with one attached hydrogen (secondary N) is 2. The van der Waals surface area contributed by atoms with Gasteiger partial charge in [-0.3, -0.25) is 0 Å². The van der Waals surface area contributed by atoms with E-state index < -0.39 is 0 Å². The van der Waals surface area contributed by atoms with Crippen molar-refractivity contribution in [1.82, 2.24) is 20.2 Å². The summed E-state index contributed by atoms with van der Waals surface area (Å²) in [5.41, 5.74) is 2.66. The molecular formula is C27H34BrN5O5. The summed E-state index contributed by atoms with van der Waals surface area (Å²) in [6.07, 6.45) is 5.44. The number of hydrogen-bond donors (Lipinski definition) is 3. The standard InChI is InChI=1S/C27H34BrN5O5/c1-33-8-3-2-4-10-35-22-13-19-21(14-23(22)36-11-5-6-29-7-9-34)30-16-31-27(19)32-24-18(15-33)12-20(28)25-26(24)38-17-37-25/h12-14,16,29,34H,2-11,15,17H2,1H3,(H,30,31,32). The Morgan fingerprint density at radius 3 is 2.89 bits per heavy atom. The molecule has 38 heavy (non-hydrogen) atoms. The lowest BCUT2D eigenvalue weighted by Gasteiger charge is -2.21. The molecule has 11 heteroatoms. The fraction of sp³-hybridized carbons (Fsp3) is 0.481. The van der Waals surface area contributed by atoms with Crippen LogP contribution in [-0.2, 0) is 6.54 Å². The van der Waals surface area contributed by atoms with E-state index >= 15 is 0 Å². The van der Waals surface area contributed by atoms with Crippen molar-refractivity contribution in [1.29, 1.82) is 0 Å². The second-order valence-electron chi connectivity index (χ2n) is 9.44. The molecule has 0 radical (unpaired) electrons. The minimum Gasteiger partial charge on any atom is -0.490 e. The minimum atomic E-state index is 0.125. The van der Waals surface area contributed by atoms with Gasteiger partial charge in [0.1, 0.15) is 12.1 Å². The van der Waals surface area contributed by atoms with Crippen LogP contribution in [0, 0.1) is 0 Å². The lowest BCUT2D eigenvalue weighted by Crippen LogP contribution is -2.20. The lowest BCUT2D eigenvalue weighted by atomic mass is 10.1. The first-order valence-corrected chi connectivity index (χ1v) is 13.9. The SMILES string of the molecule is CN1CCCCCOc2cc3c(ncnc3cc2OCCCNCCO)Nc2c(cc(Br)c3c2OCO3)C1. The Balaban J connectivity index is 1.51. The van der Waals surface area contributed by atoms with Gasteiger partial charge in [-0.2, -0.15) is 0 Å². The molecule has 0 saturated carbocycles. The van der Waals surface area contributed by atoms with Crippen molar-refractivity contribution in [2.24, 2.45) is 0 Å². The van der Waals surface area contributed by atoms with Crippen LogP contribution >= 0.6 is 15.9 Å². The van der Waals surface area contributed by atoms with Gasteiger partial charge in [0, 0.05) is 24.5 Å². The number of hydrogen-bond acceptors (Lipinski definition) is 10. The molecule has 0 saturated heterocycles. The van der Waals surface area contributed by atoms with Gasteiger partial charge in [-0.15, -0.1) is 0 Å². The Hall–Kier alpha value is -2.86. The summed E-state index contributed by atoms with van der Waals surface area (Å²) < 4.78 is 24.9.